The van der Waals surface area contributed by atoms with E-state index in [4.69, 9.17) is 0 Å². The summed E-state index contributed by atoms with van der Waals surface area (Å²) < 4.78 is 4.48. The molecular formula is C23H26GeSi. The fourth-order valence-corrected chi connectivity index (χ4v) is 16.6. The van der Waals surface area contributed by atoms with Gasteiger partial charge in [0, 0.05) is 0 Å². The van der Waals surface area contributed by atoms with Crippen LogP contribution in [0.3, 0.4) is 0 Å². The van der Waals surface area contributed by atoms with Crippen LogP contribution in [0.5, 0.6) is 0 Å². The number of hydrogen-bond acceptors (Lipinski definition) is 0. The Balaban J connectivity index is 2.34. The molecule has 0 aliphatic carbocycles. The Kier molecular flexibility index (Phi) is 5.45. The van der Waals surface area contributed by atoms with Gasteiger partial charge in [-0.2, -0.15) is 0 Å². The molecule has 3 rings (SSSR count). The van der Waals surface area contributed by atoms with E-state index in [1.165, 1.54) is 13.2 Å². The summed E-state index contributed by atoms with van der Waals surface area (Å²) in [4.78, 5) is 2.63. The van der Waals surface area contributed by atoms with Gasteiger partial charge in [-0.05, 0) is 0 Å². The third-order valence-electron chi connectivity index (χ3n) is 4.52. The molecule has 0 unspecified atom stereocenters. The topological polar surface area (TPSA) is 0 Å². The predicted molar refractivity (Wildman–Crippen MR) is 116 cm³/mol. The van der Waals surface area contributed by atoms with Gasteiger partial charge in [0.15, 0.2) is 0 Å². The van der Waals surface area contributed by atoms with Gasteiger partial charge in [0.2, 0.25) is 0 Å². The van der Waals surface area contributed by atoms with E-state index in [1.807, 2.05) is 0 Å². The van der Waals surface area contributed by atoms with Crippen molar-refractivity contribution in [1.82, 2.24) is 0 Å². The van der Waals surface area contributed by atoms with Crippen molar-refractivity contribution < 1.29 is 0 Å². The molecule has 0 bridgehead atoms. The average Bonchev–Trinajstić information content (AvgIpc) is 2.64. The monoisotopic (exact) mass is 404 g/mol. The Bertz CT molecular complexity index is 722. The standard InChI is InChI=1S/C23H26GeSi/c1-25(2,3)20-19-24(21-13-7-4-8-14-21,22-15-9-5-10-16-22)23-17-11-6-12-18-23/h4-20H,1-3H3/b20-19-. The summed E-state index contributed by atoms with van der Waals surface area (Å²) in [6, 6.07) is 33.4. The van der Waals surface area contributed by atoms with Crippen molar-refractivity contribution in [3.05, 3.63) is 102 Å². The van der Waals surface area contributed by atoms with E-state index in [0.29, 0.717) is 0 Å². The molecule has 0 N–H and O–H groups in total. The third-order valence-corrected chi connectivity index (χ3v) is 15.6. The van der Waals surface area contributed by atoms with Gasteiger partial charge >= 0.3 is 156 Å². The first-order chi connectivity index (χ1) is 12.0. The van der Waals surface area contributed by atoms with Crippen molar-refractivity contribution in [2.75, 3.05) is 0 Å². The van der Waals surface area contributed by atoms with Crippen LogP contribution in [0.25, 0.3) is 0 Å². The minimum absolute atomic E-state index is 1.30. The summed E-state index contributed by atoms with van der Waals surface area (Å²) in [5, 5.41) is 0. The average molecular weight is 403 g/mol. The quantitative estimate of drug-likeness (QED) is 0.563. The van der Waals surface area contributed by atoms with Gasteiger partial charge in [-0.25, -0.2) is 0 Å². The molecular weight excluding hydrogens is 377 g/mol. The first kappa shape index (κ1) is 18.0. The number of hydrogen-bond donors (Lipinski definition) is 0. The van der Waals surface area contributed by atoms with Crippen molar-refractivity contribution in [3.8, 4) is 0 Å². The van der Waals surface area contributed by atoms with E-state index in [0.717, 1.165) is 0 Å². The molecule has 0 heterocycles. The summed E-state index contributed by atoms with van der Waals surface area (Å²) in [5.41, 5.74) is 2.56. The Hall–Kier alpha value is -1.84. The van der Waals surface area contributed by atoms with Crippen LogP contribution in [0.2, 0.25) is 19.6 Å². The number of rotatable bonds is 5. The molecule has 0 aliphatic rings. The molecule has 0 spiro atoms. The summed E-state index contributed by atoms with van der Waals surface area (Å²) >= 11 is -2.85. The van der Waals surface area contributed by atoms with Gasteiger partial charge in [0.05, 0.1) is 0 Å². The molecule has 0 radical (unpaired) electrons. The van der Waals surface area contributed by atoms with Crippen molar-refractivity contribution >= 4 is 34.5 Å². The van der Waals surface area contributed by atoms with Crippen molar-refractivity contribution in [2.45, 2.75) is 19.6 Å². The second-order valence-corrected chi connectivity index (χ2v) is 20.4. The summed E-state index contributed by atoms with van der Waals surface area (Å²) in [7, 11) is -1.30. The van der Waals surface area contributed by atoms with E-state index >= 15 is 0 Å². The summed E-state index contributed by atoms with van der Waals surface area (Å²) in [6.07, 6.45) is 0. The molecule has 2 heteroatoms. The Labute approximate surface area is 155 Å². The van der Waals surface area contributed by atoms with Crippen LogP contribution < -0.4 is 13.2 Å². The van der Waals surface area contributed by atoms with Crippen LogP contribution >= 0.6 is 0 Å². The first-order valence-corrected chi connectivity index (χ1v) is 16.8. The van der Waals surface area contributed by atoms with E-state index in [-0.39, 0.29) is 0 Å². The Morgan fingerprint density at radius 1 is 0.560 bits per heavy atom. The molecule has 0 saturated carbocycles. The fourth-order valence-electron chi connectivity index (χ4n) is 3.27. The molecule has 3 aromatic rings. The second-order valence-electron chi connectivity index (χ2n) is 7.61. The molecule has 25 heavy (non-hydrogen) atoms. The van der Waals surface area contributed by atoms with E-state index in [1.54, 1.807) is 0 Å². The minimum atomic E-state index is -2.85. The molecule has 126 valence electrons. The van der Waals surface area contributed by atoms with Crippen LogP contribution in [0, 0.1) is 0 Å². The zero-order chi connectivity index (χ0) is 17.8. The van der Waals surface area contributed by atoms with Crippen LogP contribution in [0.4, 0.5) is 0 Å². The van der Waals surface area contributed by atoms with E-state index in [2.05, 4.69) is 121 Å². The van der Waals surface area contributed by atoms with Crippen LogP contribution in [0.1, 0.15) is 0 Å². The van der Waals surface area contributed by atoms with E-state index in [9.17, 15) is 0 Å². The zero-order valence-electron chi connectivity index (χ0n) is 15.3. The first-order valence-electron chi connectivity index (χ1n) is 8.89. The van der Waals surface area contributed by atoms with E-state index < -0.39 is 21.3 Å². The summed E-state index contributed by atoms with van der Waals surface area (Å²) in [5.74, 6) is 0. The SMILES string of the molecule is C[Si](C)(C)/C=[CH]\[Ge]([c]1ccccc1)([c]1ccccc1)[c]1ccccc1. The van der Waals surface area contributed by atoms with Gasteiger partial charge in [0.1, 0.15) is 0 Å². The molecule has 0 aliphatic heterocycles. The third kappa shape index (κ3) is 4.05. The summed E-state index contributed by atoms with van der Waals surface area (Å²) in [6.45, 7) is 7.24. The predicted octanol–water partition coefficient (Wildman–Crippen LogP) is 4.13. The molecule has 0 atom stereocenters. The van der Waals surface area contributed by atoms with Crippen LogP contribution in [-0.4, -0.2) is 21.3 Å². The van der Waals surface area contributed by atoms with Gasteiger partial charge in [0.25, 0.3) is 0 Å². The van der Waals surface area contributed by atoms with Gasteiger partial charge in [-0.1, -0.05) is 0 Å². The molecule has 0 aromatic heterocycles. The normalized spacial score (nSPS) is 12.4. The maximum absolute atomic E-state index is 2.85. The molecule has 0 nitrogen and oxygen atoms in total. The molecule has 0 saturated heterocycles. The molecule has 0 fully saturated rings. The van der Waals surface area contributed by atoms with Crippen molar-refractivity contribution in [1.29, 1.82) is 0 Å². The van der Waals surface area contributed by atoms with Gasteiger partial charge in [-0.3, -0.25) is 0 Å². The van der Waals surface area contributed by atoms with Crippen molar-refractivity contribution in [3.63, 3.8) is 0 Å². The van der Waals surface area contributed by atoms with Crippen LogP contribution in [0.15, 0.2) is 102 Å². The van der Waals surface area contributed by atoms with Gasteiger partial charge < -0.3 is 0 Å². The Morgan fingerprint density at radius 2 is 0.880 bits per heavy atom. The van der Waals surface area contributed by atoms with Gasteiger partial charge in [-0.15, -0.1) is 0 Å². The zero-order valence-corrected chi connectivity index (χ0v) is 18.4. The second kappa shape index (κ2) is 7.59. The van der Waals surface area contributed by atoms with Crippen LogP contribution in [-0.2, 0) is 0 Å². The fraction of sp³-hybridized carbons (Fsp3) is 0.130. The maximum atomic E-state index is 2.63. The molecule has 0 amide bonds. The Morgan fingerprint density at radius 3 is 1.16 bits per heavy atom. The number of benzene rings is 3. The molecule has 3 aromatic carbocycles. The van der Waals surface area contributed by atoms with Crippen molar-refractivity contribution in [2.24, 2.45) is 0 Å².